The summed E-state index contributed by atoms with van der Waals surface area (Å²) in [7, 11) is 0. The standard InChI is InChI=1S/C21H28N2O2S/c1-3-16(2)17-6-8-18(9-7-17)19(24)15-22-10-12-23(13-11-22)21(25)20-5-4-14-26-20/h4-9,14,16,19,24H,3,10-13,15H2,1-2H3/t16-,19+/m0/s1. The van der Waals surface area contributed by atoms with Gasteiger partial charge >= 0.3 is 0 Å². The normalized spacial score (nSPS) is 17.9. The second-order valence-corrected chi connectivity index (χ2v) is 8.01. The minimum atomic E-state index is -0.486. The molecule has 140 valence electrons. The van der Waals surface area contributed by atoms with Gasteiger partial charge in [-0.2, -0.15) is 0 Å². The SMILES string of the molecule is CC[C@H](C)c1ccc([C@H](O)CN2CCN(C(=O)c3cccs3)CC2)cc1. The van der Waals surface area contributed by atoms with Crippen molar-refractivity contribution >= 4 is 17.2 Å². The molecular weight excluding hydrogens is 344 g/mol. The summed E-state index contributed by atoms with van der Waals surface area (Å²) in [5.41, 5.74) is 2.29. The zero-order chi connectivity index (χ0) is 18.5. The van der Waals surface area contributed by atoms with E-state index in [-0.39, 0.29) is 5.91 Å². The number of β-amino-alcohol motifs (C(OH)–C–C–N with tert-alkyl or cyclic N) is 1. The van der Waals surface area contributed by atoms with E-state index in [1.807, 2.05) is 34.5 Å². The Morgan fingerprint density at radius 3 is 2.35 bits per heavy atom. The summed E-state index contributed by atoms with van der Waals surface area (Å²) in [5.74, 6) is 0.677. The van der Waals surface area contributed by atoms with Crippen molar-refractivity contribution in [2.75, 3.05) is 32.7 Å². The minimum absolute atomic E-state index is 0.126. The van der Waals surface area contributed by atoms with E-state index in [0.29, 0.717) is 12.5 Å². The fraction of sp³-hybridized carbons (Fsp3) is 0.476. The van der Waals surface area contributed by atoms with Crippen molar-refractivity contribution in [1.82, 2.24) is 9.80 Å². The molecule has 1 N–H and O–H groups in total. The largest absolute Gasteiger partial charge is 0.387 e. The molecule has 1 aromatic heterocycles. The summed E-state index contributed by atoms with van der Waals surface area (Å²) < 4.78 is 0. The third-order valence-electron chi connectivity index (χ3n) is 5.33. The molecule has 5 heteroatoms. The first-order valence-electron chi connectivity index (χ1n) is 9.41. The van der Waals surface area contributed by atoms with Crippen LogP contribution in [0.1, 0.15) is 53.1 Å². The Morgan fingerprint density at radius 2 is 1.77 bits per heavy atom. The zero-order valence-electron chi connectivity index (χ0n) is 15.6. The van der Waals surface area contributed by atoms with Crippen LogP contribution in [0.4, 0.5) is 0 Å². The first kappa shape index (κ1) is 19.1. The van der Waals surface area contributed by atoms with E-state index in [1.165, 1.54) is 16.9 Å². The van der Waals surface area contributed by atoms with Crippen LogP contribution >= 0.6 is 11.3 Å². The Morgan fingerprint density at radius 1 is 1.12 bits per heavy atom. The number of aliphatic hydroxyl groups excluding tert-OH is 1. The monoisotopic (exact) mass is 372 g/mol. The number of hydrogen-bond donors (Lipinski definition) is 1. The molecule has 2 heterocycles. The number of piperazine rings is 1. The van der Waals surface area contributed by atoms with Crippen LogP contribution in [-0.4, -0.2) is 53.5 Å². The smallest absolute Gasteiger partial charge is 0.264 e. The van der Waals surface area contributed by atoms with Crippen molar-refractivity contribution in [2.45, 2.75) is 32.3 Å². The van der Waals surface area contributed by atoms with Crippen molar-refractivity contribution < 1.29 is 9.90 Å². The van der Waals surface area contributed by atoms with Crippen LogP contribution < -0.4 is 0 Å². The van der Waals surface area contributed by atoms with E-state index < -0.39 is 6.10 Å². The van der Waals surface area contributed by atoms with Crippen LogP contribution in [0.15, 0.2) is 41.8 Å². The van der Waals surface area contributed by atoms with Crippen molar-refractivity contribution in [3.8, 4) is 0 Å². The number of aliphatic hydroxyl groups is 1. The highest BCUT2D eigenvalue weighted by molar-refractivity contribution is 7.12. The number of rotatable bonds is 6. The fourth-order valence-electron chi connectivity index (χ4n) is 3.32. The van der Waals surface area contributed by atoms with Crippen LogP contribution in [0.3, 0.4) is 0 Å². The molecule has 1 amide bonds. The Bertz CT molecular complexity index is 691. The predicted octanol–water partition coefficient (Wildman–Crippen LogP) is 3.75. The van der Waals surface area contributed by atoms with Crippen LogP contribution in [0.2, 0.25) is 0 Å². The molecule has 0 saturated carbocycles. The molecule has 1 aliphatic heterocycles. The molecule has 2 aromatic rings. The minimum Gasteiger partial charge on any atom is -0.387 e. The zero-order valence-corrected chi connectivity index (χ0v) is 16.4. The molecule has 0 unspecified atom stereocenters. The summed E-state index contributed by atoms with van der Waals surface area (Å²) in [5, 5.41) is 12.5. The summed E-state index contributed by atoms with van der Waals surface area (Å²) in [4.78, 5) is 17.4. The lowest BCUT2D eigenvalue weighted by Crippen LogP contribution is -2.49. The number of nitrogens with zero attached hydrogens (tertiary/aromatic N) is 2. The molecule has 1 aliphatic rings. The lowest BCUT2D eigenvalue weighted by Gasteiger charge is -2.35. The highest BCUT2D eigenvalue weighted by Crippen LogP contribution is 2.22. The summed E-state index contributed by atoms with van der Waals surface area (Å²) >= 11 is 1.49. The second-order valence-electron chi connectivity index (χ2n) is 7.06. The highest BCUT2D eigenvalue weighted by Gasteiger charge is 2.24. The van der Waals surface area contributed by atoms with E-state index in [0.717, 1.165) is 43.0 Å². The molecular formula is C21H28N2O2S. The quantitative estimate of drug-likeness (QED) is 0.840. The maximum absolute atomic E-state index is 12.4. The summed E-state index contributed by atoms with van der Waals surface area (Å²) in [6, 6.07) is 12.1. The van der Waals surface area contributed by atoms with Gasteiger partial charge in [0.15, 0.2) is 0 Å². The third kappa shape index (κ3) is 4.53. The lowest BCUT2D eigenvalue weighted by atomic mass is 9.96. The number of amides is 1. The van der Waals surface area contributed by atoms with Gasteiger partial charge in [0.1, 0.15) is 0 Å². The molecule has 0 radical (unpaired) electrons. The van der Waals surface area contributed by atoms with Crippen LogP contribution in [0, 0.1) is 0 Å². The van der Waals surface area contributed by atoms with Gasteiger partial charge in [0, 0.05) is 32.7 Å². The van der Waals surface area contributed by atoms with Crippen LogP contribution in [-0.2, 0) is 0 Å². The third-order valence-corrected chi connectivity index (χ3v) is 6.18. The van der Waals surface area contributed by atoms with Gasteiger partial charge in [0.25, 0.3) is 5.91 Å². The van der Waals surface area contributed by atoms with Gasteiger partial charge in [-0.15, -0.1) is 11.3 Å². The molecule has 1 saturated heterocycles. The molecule has 2 atom stereocenters. The summed E-state index contributed by atoms with van der Waals surface area (Å²) in [6.07, 6.45) is 0.636. The Labute approximate surface area is 160 Å². The molecule has 26 heavy (non-hydrogen) atoms. The van der Waals surface area contributed by atoms with E-state index in [2.05, 4.69) is 30.9 Å². The molecule has 0 aliphatic carbocycles. The Hall–Kier alpha value is -1.69. The number of carbonyl (C=O) groups is 1. The first-order valence-corrected chi connectivity index (χ1v) is 10.3. The van der Waals surface area contributed by atoms with Crippen LogP contribution in [0.5, 0.6) is 0 Å². The Balaban J connectivity index is 1.50. The number of thiophene rings is 1. The highest BCUT2D eigenvalue weighted by atomic mass is 32.1. The second kappa shape index (κ2) is 8.80. The summed E-state index contributed by atoms with van der Waals surface area (Å²) in [6.45, 7) is 8.08. The van der Waals surface area contributed by atoms with E-state index in [1.54, 1.807) is 0 Å². The van der Waals surface area contributed by atoms with E-state index in [9.17, 15) is 9.90 Å². The lowest BCUT2D eigenvalue weighted by molar-refractivity contribution is 0.0531. The van der Waals surface area contributed by atoms with E-state index >= 15 is 0 Å². The predicted molar refractivity (Wildman–Crippen MR) is 107 cm³/mol. The van der Waals surface area contributed by atoms with Gasteiger partial charge < -0.3 is 10.0 Å². The maximum atomic E-state index is 12.4. The molecule has 4 nitrogen and oxygen atoms in total. The van der Waals surface area contributed by atoms with E-state index in [4.69, 9.17) is 0 Å². The molecule has 1 aromatic carbocycles. The topological polar surface area (TPSA) is 43.8 Å². The average Bonchev–Trinajstić information content (AvgIpc) is 3.22. The molecule has 3 rings (SSSR count). The maximum Gasteiger partial charge on any atom is 0.264 e. The number of carbonyl (C=O) groups excluding carboxylic acids is 1. The van der Waals surface area contributed by atoms with Gasteiger partial charge in [-0.3, -0.25) is 9.69 Å². The van der Waals surface area contributed by atoms with Gasteiger partial charge in [-0.05, 0) is 34.9 Å². The van der Waals surface area contributed by atoms with Gasteiger partial charge in [0.05, 0.1) is 11.0 Å². The van der Waals surface area contributed by atoms with Crippen molar-refractivity contribution in [3.63, 3.8) is 0 Å². The van der Waals surface area contributed by atoms with Crippen molar-refractivity contribution in [2.24, 2.45) is 0 Å². The molecule has 1 fully saturated rings. The number of hydrogen-bond acceptors (Lipinski definition) is 4. The van der Waals surface area contributed by atoms with Crippen LogP contribution in [0.25, 0.3) is 0 Å². The Kier molecular flexibility index (Phi) is 6.46. The first-order chi connectivity index (χ1) is 12.6. The van der Waals surface area contributed by atoms with Gasteiger partial charge in [-0.25, -0.2) is 0 Å². The molecule has 0 bridgehead atoms. The fourth-order valence-corrected chi connectivity index (χ4v) is 4.01. The average molecular weight is 373 g/mol. The molecule has 0 spiro atoms. The van der Waals surface area contributed by atoms with Crippen molar-refractivity contribution in [3.05, 3.63) is 57.8 Å². The number of benzene rings is 1. The van der Waals surface area contributed by atoms with Gasteiger partial charge in [-0.1, -0.05) is 44.2 Å². The van der Waals surface area contributed by atoms with Crippen molar-refractivity contribution in [1.29, 1.82) is 0 Å². The van der Waals surface area contributed by atoms with Gasteiger partial charge in [0.2, 0.25) is 0 Å².